The second-order valence-electron chi connectivity index (χ2n) is 7.82. The van der Waals surface area contributed by atoms with Crippen molar-refractivity contribution >= 4 is 40.2 Å². The summed E-state index contributed by atoms with van der Waals surface area (Å²) in [4.78, 5) is 35.1. The number of likely N-dealkylation sites (N-methyl/N-ethyl adjacent to an activating group) is 1. The Morgan fingerprint density at radius 1 is 1.27 bits per heavy atom. The van der Waals surface area contributed by atoms with Crippen molar-refractivity contribution in [2.24, 2.45) is 5.73 Å². The first-order valence-corrected chi connectivity index (χ1v) is 11.2. The van der Waals surface area contributed by atoms with Crippen molar-refractivity contribution in [3.05, 3.63) is 53.6 Å². The molecule has 4 rings (SSSR count). The first-order chi connectivity index (χ1) is 15.8. The molecular formula is C22H24FN7O2S. The number of primary amides is 1. The van der Waals surface area contributed by atoms with Gasteiger partial charge in [-0.25, -0.2) is 9.37 Å². The summed E-state index contributed by atoms with van der Waals surface area (Å²) in [5.74, 6) is -1.48. The molecule has 9 nitrogen and oxygen atoms in total. The minimum absolute atomic E-state index is 0.180. The predicted molar refractivity (Wildman–Crippen MR) is 127 cm³/mol. The average molecular weight is 470 g/mol. The Balaban J connectivity index is 1.57. The number of nitrogens with one attached hydrogen (secondary N) is 2. The molecule has 0 unspecified atom stereocenters. The first-order valence-electron chi connectivity index (χ1n) is 10.3. The number of carbonyl (C=O) groups excluding carboxylic acids is 2. The molecule has 0 saturated carbocycles. The third-order valence-electron chi connectivity index (χ3n) is 5.86. The molecule has 1 aromatic carbocycles. The summed E-state index contributed by atoms with van der Waals surface area (Å²) >= 11 is 1.31. The maximum atomic E-state index is 15.0. The fraction of sp³-hybridized carbons (Fsp3) is 0.273. The van der Waals surface area contributed by atoms with Gasteiger partial charge in [-0.3, -0.25) is 14.6 Å². The van der Waals surface area contributed by atoms with Crippen molar-refractivity contribution in [3.63, 3.8) is 0 Å². The first kappa shape index (κ1) is 22.6. The number of benzene rings is 1. The van der Waals surface area contributed by atoms with Crippen molar-refractivity contribution < 1.29 is 14.0 Å². The Morgan fingerprint density at radius 3 is 2.67 bits per heavy atom. The number of hydrogen-bond donors (Lipinski definition) is 4. The molecular weight excluding hydrogens is 445 g/mol. The minimum atomic E-state index is -0.840. The summed E-state index contributed by atoms with van der Waals surface area (Å²) in [7, 11) is 1.68. The maximum Gasteiger partial charge on any atom is 0.275 e. The number of thiazole rings is 1. The number of aromatic nitrogens is 2. The van der Waals surface area contributed by atoms with Crippen LogP contribution in [0.4, 0.5) is 21.5 Å². The third-order valence-corrected chi connectivity index (χ3v) is 6.75. The SMILES string of the molecule is CNC1(C(N)=O)CCN(c2c(F)cc(N)cc2NC(=O)c2csc(-c3cccnc3)n2)CC1. The molecule has 33 heavy (non-hydrogen) atoms. The van der Waals surface area contributed by atoms with Gasteiger partial charge in [-0.1, -0.05) is 0 Å². The topological polar surface area (TPSA) is 139 Å². The van der Waals surface area contributed by atoms with Crippen LogP contribution in [-0.4, -0.2) is 47.5 Å². The van der Waals surface area contributed by atoms with Gasteiger partial charge in [0.05, 0.1) is 11.4 Å². The van der Waals surface area contributed by atoms with Gasteiger partial charge in [-0.05, 0) is 44.2 Å². The molecule has 0 spiro atoms. The molecule has 3 aromatic rings. The van der Waals surface area contributed by atoms with Gasteiger partial charge in [-0.15, -0.1) is 11.3 Å². The highest BCUT2D eigenvalue weighted by atomic mass is 32.1. The minimum Gasteiger partial charge on any atom is -0.399 e. The standard InChI is InChI=1S/C22H24FN7O2S/c1-26-22(21(25)32)4-7-30(8-5-22)18-15(23)9-14(24)10-16(18)28-19(31)17-12-33-20(29-17)13-3-2-6-27-11-13/h2-3,6,9-12,26H,4-5,7-8,24H2,1H3,(H2,25,32)(H,28,31). The number of halogens is 1. The molecule has 2 amide bonds. The van der Waals surface area contributed by atoms with Crippen LogP contribution in [-0.2, 0) is 4.79 Å². The molecule has 3 heterocycles. The molecule has 0 aliphatic carbocycles. The number of hydrogen-bond acceptors (Lipinski definition) is 8. The van der Waals surface area contributed by atoms with Gasteiger partial charge in [0.2, 0.25) is 5.91 Å². The number of rotatable bonds is 6. The van der Waals surface area contributed by atoms with Gasteiger partial charge in [-0.2, -0.15) is 0 Å². The number of piperidine rings is 1. The van der Waals surface area contributed by atoms with Crippen LogP contribution in [0.1, 0.15) is 23.3 Å². The molecule has 11 heteroatoms. The Morgan fingerprint density at radius 2 is 2.03 bits per heavy atom. The smallest absolute Gasteiger partial charge is 0.275 e. The number of nitrogens with zero attached hydrogens (tertiary/aromatic N) is 3. The van der Waals surface area contributed by atoms with E-state index < -0.39 is 23.2 Å². The zero-order chi connectivity index (χ0) is 23.6. The maximum absolute atomic E-state index is 15.0. The molecule has 6 N–H and O–H groups in total. The lowest BCUT2D eigenvalue weighted by atomic mass is 9.86. The van der Waals surface area contributed by atoms with Gasteiger partial charge in [0.1, 0.15) is 16.2 Å². The molecule has 0 atom stereocenters. The highest BCUT2D eigenvalue weighted by molar-refractivity contribution is 7.13. The van der Waals surface area contributed by atoms with Crippen LogP contribution >= 0.6 is 11.3 Å². The number of nitrogen functional groups attached to an aromatic ring is 1. The number of pyridine rings is 1. The van der Waals surface area contributed by atoms with Gasteiger partial charge in [0.25, 0.3) is 5.91 Å². The van der Waals surface area contributed by atoms with E-state index in [1.807, 2.05) is 6.07 Å². The summed E-state index contributed by atoms with van der Waals surface area (Å²) in [5, 5.41) is 8.03. The second-order valence-corrected chi connectivity index (χ2v) is 8.67. The number of anilines is 3. The van der Waals surface area contributed by atoms with Gasteiger partial charge >= 0.3 is 0 Å². The van der Waals surface area contributed by atoms with E-state index >= 15 is 4.39 Å². The van der Waals surface area contributed by atoms with Crippen molar-refractivity contribution in [1.29, 1.82) is 0 Å². The van der Waals surface area contributed by atoms with E-state index in [2.05, 4.69) is 20.6 Å². The Hall–Kier alpha value is -3.57. The number of carbonyl (C=O) groups is 2. The fourth-order valence-electron chi connectivity index (χ4n) is 3.95. The molecule has 2 aromatic heterocycles. The normalized spacial score (nSPS) is 15.3. The molecule has 1 fully saturated rings. The number of amides is 2. The lowest BCUT2D eigenvalue weighted by Gasteiger charge is -2.41. The monoisotopic (exact) mass is 469 g/mol. The summed E-state index contributed by atoms with van der Waals surface area (Å²) in [6, 6.07) is 6.37. The van der Waals surface area contributed by atoms with Gasteiger partial charge in [0.15, 0.2) is 5.82 Å². The van der Waals surface area contributed by atoms with Crippen LogP contribution in [0.3, 0.4) is 0 Å². The fourth-order valence-corrected chi connectivity index (χ4v) is 4.75. The van der Waals surface area contributed by atoms with E-state index in [0.717, 1.165) is 5.56 Å². The van der Waals surface area contributed by atoms with E-state index in [1.54, 1.807) is 35.8 Å². The molecule has 0 radical (unpaired) electrons. The summed E-state index contributed by atoms with van der Waals surface area (Å²) in [6.45, 7) is 0.741. The Kier molecular flexibility index (Phi) is 6.25. The third kappa shape index (κ3) is 4.50. The molecule has 0 bridgehead atoms. The van der Waals surface area contributed by atoms with Crippen LogP contribution in [0.2, 0.25) is 0 Å². The van der Waals surface area contributed by atoms with Crippen molar-refractivity contribution in [1.82, 2.24) is 15.3 Å². The largest absolute Gasteiger partial charge is 0.399 e. The van der Waals surface area contributed by atoms with E-state index in [4.69, 9.17) is 11.5 Å². The predicted octanol–water partition coefficient (Wildman–Crippen LogP) is 2.22. The van der Waals surface area contributed by atoms with E-state index in [1.165, 1.54) is 23.5 Å². The highest BCUT2D eigenvalue weighted by Gasteiger charge is 2.39. The highest BCUT2D eigenvalue weighted by Crippen LogP contribution is 2.36. The summed E-state index contributed by atoms with van der Waals surface area (Å²) in [6.07, 6.45) is 4.12. The molecule has 1 aliphatic rings. The van der Waals surface area contributed by atoms with E-state index in [-0.39, 0.29) is 22.8 Å². The zero-order valence-corrected chi connectivity index (χ0v) is 18.8. The van der Waals surface area contributed by atoms with Crippen LogP contribution in [0.25, 0.3) is 10.6 Å². The Labute approximate surface area is 194 Å². The van der Waals surface area contributed by atoms with Crippen LogP contribution in [0.5, 0.6) is 0 Å². The molecule has 172 valence electrons. The van der Waals surface area contributed by atoms with E-state index in [9.17, 15) is 9.59 Å². The van der Waals surface area contributed by atoms with E-state index in [0.29, 0.717) is 30.9 Å². The number of nitrogens with two attached hydrogens (primary N) is 2. The van der Waals surface area contributed by atoms with Crippen molar-refractivity contribution in [3.8, 4) is 10.6 Å². The Bertz CT molecular complexity index is 1180. The summed E-state index contributed by atoms with van der Waals surface area (Å²) in [5.41, 5.74) is 12.2. The quantitative estimate of drug-likeness (QED) is 0.406. The van der Waals surface area contributed by atoms with Gasteiger partial charge < -0.3 is 27.0 Å². The van der Waals surface area contributed by atoms with Crippen LogP contribution in [0.15, 0.2) is 42.0 Å². The zero-order valence-electron chi connectivity index (χ0n) is 18.0. The lowest BCUT2D eigenvalue weighted by Crippen LogP contribution is -2.59. The van der Waals surface area contributed by atoms with Gasteiger partial charge in [0, 0.05) is 42.1 Å². The van der Waals surface area contributed by atoms with Crippen molar-refractivity contribution in [2.75, 3.05) is 36.1 Å². The van der Waals surface area contributed by atoms with Crippen LogP contribution < -0.4 is 27.0 Å². The second kappa shape index (κ2) is 9.12. The summed E-state index contributed by atoms with van der Waals surface area (Å²) < 4.78 is 15.0. The van der Waals surface area contributed by atoms with Crippen molar-refractivity contribution in [2.45, 2.75) is 18.4 Å². The molecule has 1 saturated heterocycles. The average Bonchev–Trinajstić information content (AvgIpc) is 3.30. The van der Waals surface area contributed by atoms with Crippen LogP contribution in [0, 0.1) is 5.82 Å². The lowest BCUT2D eigenvalue weighted by molar-refractivity contribution is -0.125. The molecule has 1 aliphatic heterocycles.